The highest BCUT2D eigenvalue weighted by molar-refractivity contribution is 8.00. The third-order valence-corrected chi connectivity index (χ3v) is 5.70. The molecule has 3 nitrogen and oxygen atoms in total. The average molecular weight is 328 g/mol. The van der Waals surface area contributed by atoms with Gasteiger partial charge >= 0.3 is 0 Å². The van der Waals surface area contributed by atoms with E-state index in [1.54, 1.807) is 11.8 Å². The van der Waals surface area contributed by atoms with Crippen LogP contribution in [0.25, 0.3) is 10.8 Å². The van der Waals surface area contributed by atoms with Crippen LogP contribution >= 0.6 is 11.8 Å². The fourth-order valence-electron chi connectivity index (χ4n) is 3.17. The van der Waals surface area contributed by atoms with Gasteiger partial charge in [0.1, 0.15) is 0 Å². The van der Waals surface area contributed by atoms with Crippen LogP contribution in [0.15, 0.2) is 47.4 Å². The first-order chi connectivity index (χ1) is 11.1. The summed E-state index contributed by atoms with van der Waals surface area (Å²) in [5.74, 6) is 1.32. The van der Waals surface area contributed by atoms with Crippen LogP contribution in [-0.4, -0.2) is 35.7 Å². The number of rotatable bonds is 4. The van der Waals surface area contributed by atoms with E-state index in [0.29, 0.717) is 11.7 Å². The summed E-state index contributed by atoms with van der Waals surface area (Å²) in [6, 6.07) is 14.9. The third kappa shape index (κ3) is 4.06. The Labute approximate surface area is 142 Å². The number of hydrogen-bond acceptors (Lipinski definition) is 3. The predicted octanol–water partition coefficient (Wildman–Crippen LogP) is 3.52. The smallest absolute Gasteiger partial charge is 0.232 e. The lowest BCUT2D eigenvalue weighted by Gasteiger charge is -2.33. The van der Waals surface area contributed by atoms with Crippen molar-refractivity contribution in [3.8, 4) is 0 Å². The van der Waals surface area contributed by atoms with Crippen LogP contribution in [0.4, 0.5) is 0 Å². The number of likely N-dealkylation sites (tertiary alicyclic amines) is 1. The Morgan fingerprint density at radius 1 is 1.22 bits per heavy atom. The summed E-state index contributed by atoms with van der Waals surface area (Å²) in [5.41, 5.74) is 5.96. The van der Waals surface area contributed by atoms with Gasteiger partial charge in [-0.25, -0.2) is 0 Å². The summed E-state index contributed by atoms with van der Waals surface area (Å²) < 4.78 is 0. The number of fused-ring (bicyclic) bond motifs is 1. The molecule has 122 valence electrons. The Bertz CT molecular complexity index is 678. The first-order valence-electron chi connectivity index (χ1n) is 8.28. The van der Waals surface area contributed by atoms with Gasteiger partial charge in [-0.2, -0.15) is 0 Å². The molecule has 1 heterocycles. The van der Waals surface area contributed by atoms with E-state index in [9.17, 15) is 4.79 Å². The lowest BCUT2D eigenvalue weighted by molar-refractivity contribution is -0.129. The van der Waals surface area contributed by atoms with Crippen molar-refractivity contribution < 1.29 is 4.79 Å². The third-order valence-electron chi connectivity index (χ3n) is 4.72. The number of thioether (sulfide) groups is 1. The highest BCUT2D eigenvalue weighted by atomic mass is 32.2. The number of nitrogens with zero attached hydrogens (tertiary/aromatic N) is 1. The van der Waals surface area contributed by atoms with E-state index in [-0.39, 0.29) is 11.9 Å². The molecule has 0 aliphatic carbocycles. The first kappa shape index (κ1) is 16.3. The Kier molecular flexibility index (Phi) is 5.23. The van der Waals surface area contributed by atoms with Crippen LogP contribution in [0.5, 0.6) is 0 Å². The number of carbonyl (C=O) groups excluding carboxylic acids is 1. The van der Waals surface area contributed by atoms with Crippen LogP contribution < -0.4 is 5.73 Å². The molecular formula is C19H24N2OS. The molecule has 1 fully saturated rings. The van der Waals surface area contributed by atoms with Crippen molar-refractivity contribution in [2.45, 2.75) is 30.7 Å². The monoisotopic (exact) mass is 328 g/mol. The van der Waals surface area contributed by atoms with Crippen molar-refractivity contribution in [2.24, 2.45) is 11.7 Å². The highest BCUT2D eigenvalue weighted by Crippen LogP contribution is 2.25. The maximum Gasteiger partial charge on any atom is 0.232 e. The van der Waals surface area contributed by atoms with Gasteiger partial charge in [-0.3, -0.25) is 4.79 Å². The Balaban J connectivity index is 1.54. The molecule has 0 radical (unpaired) electrons. The lowest BCUT2D eigenvalue weighted by atomic mass is 9.91. The summed E-state index contributed by atoms with van der Waals surface area (Å²) >= 11 is 1.63. The number of nitrogens with two attached hydrogens (primary N) is 1. The molecule has 0 aromatic heterocycles. The van der Waals surface area contributed by atoms with E-state index in [1.807, 2.05) is 17.0 Å². The first-order valence-corrected chi connectivity index (χ1v) is 9.27. The number of benzene rings is 2. The molecule has 0 saturated carbocycles. The van der Waals surface area contributed by atoms with Crippen molar-refractivity contribution in [1.82, 2.24) is 4.90 Å². The number of carbonyl (C=O) groups is 1. The second-order valence-electron chi connectivity index (χ2n) is 6.37. The molecule has 1 aliphatic heterocycles. The molecule has 1 atom stereocenters. The summed E-state index contributed by atoms with van der Waals surface area (Å²) in [5, 5.41) is 2.46. The van der Waals surface area contributed by atoms with E-state index in [4.69, 9.17) is 5.73 Å². The lowest BCUT2D eigenvalue weighted by Crippen LogP contribution is -2.43. The van der Waals surface area contributed by atoms with Crippen LogP contribution in [0, 0.1) is 5.92 Å². The minimum atomic E-state index is 0.235. The normalized spacial score (nSPS) is 17.4. The van der Waals surface area contributed by atoms with Crippen LogP contribution in [0.2, 0.25) is 0 Å². The van der Waals surface area contributed by atoms with Crippen molar-refractivity contribution in [3.63, 3.8) is 0 Å². The van der Waals surface area contributed by atoms with Crippen molar-refractivity contribution >= 4 is 28.4 Å². The van der Waals surface area contributed by atoms with Crippen molar-refractivity contribution in [1.29, 1.82) is 0 Å². The molecular weight excluding hydrogens is 304 g/mol. The largest absolute Gasteiger partial charge is 0.342 e. The molecule has 3 rings (SSSR count). The summed E-state index contributed by atoms with van der Waals surface area (Å²) in [7, 11) is 0. The van der Waals surface area contributed by atoms with Crippen molar-refractivity contribution in [3.05, 3.63) is 42.5 Å². The van der Waals surface area contributed by atoms with Crippen LogP contribution in [0.3, 0.4) is 0 Å². The van der Waals surface area contributed by atoms with E-state index >= 15 is 0 Å². The van der Waals surface area contributed by atoms with Gasteiger partial charge in [-0.15, -0.1) is 11.8 Å². The molecule has 1 amide bonds. The van der Waals surface area contributed by atoms with Gasteiger partial charge in [0.15, 0.2) is 0 Å². The topological polar surface area (TPSA) is 46.3 Å². The second kappa shape index (κ2) is 7.37. The zero-order valence-electron chi connectivity index (χ0n) is 13.6. The van der Waals surface area contributed by atoms with Gasteiger partial charge < -0.3 is 10.6 Å². The minimum absolute atomic E-state index is 0.235. The highest BCUT2D eigenvalue weighted by Gasteiger charge is 2.24. The molecule has 0 bridgehead atoms. The number of piperidine rings is 1. The fraction of sp³-hybridized carbons (Fsp3) is 0.421. The molecule has 2 aromatic carbocycles. The molecule has 2 aromatic rings. The molecule has 1 aliphatic rings. The van der Waals surface area contributed by atoms with Crippen LogP contribution in [-0.2, 0) is 4.79 Å². The Hall–Kier alpha value is -1.52. The van der Waals surface area contributed by atoms with Gasteiger partial charge in [0.2, 0.25) is 5.91 Å². The van der Waals surface area contributed by atoms with E-state index < -0.39 is 0 Å². The van der Waals surface area contributed by atoms with E-state index in [2.05, 4.69) is 37.3 Å². The second-order valence-corrected chi connectivity index (χ2v) is 7.42. The predicted molar refractivity (Wildman–Crippen MR) is 97.6 cm³/mol. The molecule has 2 N–H and O–H groups in total. The molecule has 1 unspecified atom stereocenters. The average Bonchev–Trinajstić information content (AvgIpc) is 2.59. The maximum atomic E-state index is 12.4. The zero-order valence-corrected chi connectivity index (χ0v) is 14.4. The summed E-state index contributed by atoms with van der Waals surface area (Å²) in [6.45, 7) is 3.77. The van der Waals surface area contributed by atoms with Gasteiger partial charge in [0.25, 0.3) is 0 Å². The minimum Gasteiger partial charge on any atom is -0.342 e. The van der Waals surface area contributed by atoms with Gasteiger partial charge in [-0.1, -0.05) is 30.3 Å². The summed E-state index contributed by atoms with van der Waals surface area (Å²) in [6.07, 6.45) is 2.06. The van der Waals surface area contributed by atoms with Crippen molar-refractivity contribution in [2.75, 3.05) is 18.8 Å². The standard InChI is InChI=1S/C19H24N2OS/c1-14(20)15-8-10-21(11-9-15)19(22)13-23-18-7-6-16-4-2-3-5-17(16)12-18/h2-7,12,14-15H,8-11,13,20H2,1H3. The molecule has 0 spiro atoms. The van der Waals surface area contributed by atoms with Crippen LogP contribution in [0.1, 0.15) is 19.8 Å². The zero-order chi connectivity index (χ0) is 16.2. The quantitative estimate of drug-likeness (QED) is 0.874. The van der Waals surface area contributed by atoms with Gasteiger partial charge in [0.05, 0.1) is 5.75 Å². The molecule has 4 heteroatoms. The van der Waals surface area contributed by atoms with Gasteiger partial charge in [0, 0.05) is 24.0 Å². The molecule has 1 saturated heterocycles. The number of amides is 1. The van der Waals surface area contributed by atoms with E-state index in [0.717, 1.165) is 30.8 Å². The molecule has 23 heavy (non-hydrogen) atoms. The van der Waals surface area contributed by atoms with E-state index in [1.165, 1.54) is 10.8 Å². The fourth-order valence-corrected chi connectivity index (χ4v) is 4.02. The maximum absolute atomic E-state index is 12.4. The summed E-state index contributed by atoms with van der Waals surface area (Å²) in [4.78, 5) is 15.5. The van der Waals surface area contributed by atoms with Gasteiger partial charge in [-0.05, 0) is 48.6 Å². The SMILES string of the molecule is CC(N)C1CCN(C(=O)CSc2ccc3ccccc3c2)CC1. The Morgan fingerprint density at radius 3 is 2.61 bits per heavy atom. The Morgan fingerprint density at radius 2 is 1.91 bits per heavy atom. The number of hydrogen-bond donors (Lipinski definition) is 1.